The van der Waals surface area contributed by atoms with Crippen molar-refractivity contribution in [1.82, 2.24) is 5.32 Å². The molecule has 1 fully saturated rings. The fourth-order valence-electron chi connectivity index (χ4n) is 1.93. The standard InChI is InChI=1S/C12H21NO4/c1-8-6-7-12(8,9(14)16-5)13-10(15)17-11(2,3)4/h8H,6-7H2,1-5H3,(H,13,15). The molecule has 98 valence electrons. The summed E-state index contributed by atoms with van der Waals surface area (Å²) in [6.45, 7) is 7.25. The molecule has 1 amide bonds. The average Bonchev–Trinajstić information content (AvgIpc) is 2.20. The maximum atomic E-state index is 11.7. The molecule has 0 aliphatic heterocycles. The first kappa shape index (κ1) is 13.8. The number of ether oxygens (including phenoxy) is 2. The van der Waals surface area contributed by atoms with Crippen molar-refractivity contribution in [1.29, 1.82) is 0 Å². The van der Waals surface area contributed by atoms with E-state index in [4.69, 9.17) is 9.47 Å². The van der Waals surface area contributed by atoms with E-state index < -0.39 is 23.2 Å². The van der Waals surface area contributed by atoms with Crippen LogP contribution in [-0.4, -0.2) is 30.3 Å². The molecule has 1 aliphatic rings. The van der Waals surface area contributed by atoms with Crippen molar-refractivity contribution < 1.29 is 19.1 Å². The van der Waals surface area contributed by atoms with E-state index in [9.17, 15) is 9.59 Å². The van der Waals surface area contributed by atoms with Gasteiger partial charge in [0.1, 0.15) is 11.1 Å². The number of esters is 1. The third-order valence-electron chi connectivity index (χ3n) is 3.09. The first-order valence-corrected chi connectivity index (χ1v) is 5.81. The molecule has 2 unspecified atom stereocenters. The van der Waals surface area contributed by atoms with Gasteiger partial charge in [-0.05, 0) is 39.5 Å². The van der Waals surface area contributed by atoms with Gasteiger partial charge in [0.05, 0.1) is 7.11 Å². The maximum Gasteiger partial charge on any atom is 0.408 e. The fraction of sp³-hybridized carbons (Fsp3) is 0.833. The zero-order valence-electron chi connectivity index (χ0n) is 11.1. The van der Waals surface area contributed by atoms with Gasteiger partial charge in [-0.3, -0.25) is 0 Å². The Bertz CT molecular complexity index is 321. The Labute approximate surface area is 102 Å². The molecule has 5 nitrogen and oxygen atoms in total. The van der Waals surface area contributed by atoms with E-state index >= 15 is 0 Å². The number of methoxy groups -OCH3 is 1. The highest BCUT2D eigenvalue weighted by atomic mass is 16.6. The van der Waals surface area contributed by atoms with Gasteiger partial charge >= 0.3 is 12.1 Å². The Morgan fingerprint density at radius 3 is 2.24 bits per heavy atom. The van der Waals surface area contributed by atoms with E-state index in [0.717, 1.165) is 6.42 Å². The molecule has 0 aromatic carbocycles. The molecule has 1 rings (SSSR count). The summed E-state index contributed by atoms with van der Waals surface area (Å²) in [5.74, 6) is -0.329. The largest absolute Gasteiger partial charge is 0.467 e. The Morgan fingerprint density at radius 1 is 1.35 bits per heavy atom. The van der Waals surface area contributed by atoms with Crippen LogP contribution in [-0.2, 0) is 14.3 Å². The second-order valence-corrected chi connectivity index (χ2v) is 5.53. The van der Waals surface area contributed by atoms with Crippen LogP contribution in [0.2, 0.25) is 0 Å². The molecule has 0 saturated heterocycles. The minimum atomic E-state index is -0.906. The Balaban J connectivity index is 2.69. The SMILES string of the molecule is COC(=O)C1(NC(=O)OC(C)(C)C)CCC1C. The van der Waals surface area contributed by atoms with Crippen LogP contribution in [0.3, 0.4) is 0 Å². The van der Waals surface area contributed by atoms with Crippen molar-refractivity contribution in [3.8, 4) is 0 Å². The number of hydrogen-bond donors (Lipinski definition) is 1. The second-order valence-electron chi connectivity index (χ2n) is 5.53. The molecule has 0 spiro atoms. The normalized spacial score (nSPS) is 27.9. The lowest BCUT2D eigenvalue weighted by molar-refractivity contribution is -0.156. The summed E-state index contributed by atoms with van der Waals surface area (Å²) in [6.07, 6.45) is 0.916. The zero-order chi connectivity index (χ0) is 13.3. The minimum Gasteiger partial charge on any atom is -0.467 e. The molecule has 1 aliphatic carbocycles. The fourth-order valence-corrected chi connectivity index (χ4v) is 1.93. The highest BCUT2D eigenvalue weighted by molar-refractivity contribution is 5.87. The minimum absolute atomic E-state index is 0.0717. The molecule has 1 N–H and O–H groups in total. The number of alkyl carbamates (subject to hydrolysis) is 1. The van der Waals surface area contributed by atoms with E-state index in [1.165, 1.54) is 7.11 Å². The van der Waals surface area contributed by atoms with Gasteiger partial charge in [0.15, 0.2) is 0 Å². The van der Waals surface area contributed by atoms with Crippen LogP contribution in [0.4, 0.5) is 4.79 Å². The van der Waals surface area contributed by atoms with Gasteiger partial charge in [0.25, 0.3) is 0 Å². The number of carbonyl (C=O) groups is 2. The van der Waals surface area contributed by atoms with Crippen molar-refractivity contribution in [2.24, 2.45) is 5.92 Å². The van der Waals surface area contributed by atoms with Gasteiger partial charge in [-0.2, -0.15) is 0 Å². The number of rotatable bonds is 2. The molecule has 2 atom stereocenters. The van der Waals surface area contributed by atoms with Gasteiger partial charge < -0.3 is 14.8 Å². The summed E-state index contributed by atoms with van der Waals surface area (Å²) in [4.78, 5) is 23.4. The van der Waals surface area contributed by atoms with Crippen LogP contribution in [0.5, 0.6) is 0 Å². The first-order chi connectivity index (χ1) is 7.71. The molecule has 0 heterocycles. The van der Waals surface area contributed by atoms with E-state index in [2.05, 4.69) is 5.32 Å². The molecule has 0 radical (unpaired) electrons. The van der Waals surface area contributed by atoms with Crippen LogP contribution >= 0.6 is 0 Å². The van der Waals surface area contributed by atoms with Crippen molar-refractivity contribution in [2.75, 3.05) is 7.11 Å². The number of amides is 1. The molecule has 17 heavy (non-hydrogen) atoms. The molecule has 0 aromatic heterocycles. The maximum absolute atomic E-state index is 11.7. The molecule has 0 bridgehead atoms. The summed E-state index contributed by atoms with van der Waals surface area (Å²) in [5.41, 5.74) is -1.48. The lowest BCUT2D eigenvalue weighted by Gasteiger charge is -2.45. The third-order valence-corrected chi connectivity index (χ3v) is 3.09. The molecule has 1 saturated carbocycles. The van der Waals surface area contributed by atoms with Crippen LogP contribution in [0.1, 0.15) is 40.5 Å². The van der Waals surface area contributed by atoms with Crippen LogP contribution in [0.25, 0.3) is 0 Å². The Morgan fingerprint density at radius 2 is 1.94 bits per heavy atom. The smallest absolute Gasteiger partial charge is 0.408 e. The zero-order valence-corrected chi connectivity index (χ0v) is 11.1. The highest BCUT2D eigenvalue weighted by Gasteiger charge is 2.53. The third kappa shape index (κ3) is 2.90. The summed E-state index contributed by atoms with van der Waals surface area (Å²) < 4.78 is 9.90. The molecular formula is C12H21NO4. The van der Waals surface area contributed by atoms with Gasteiger partial charge in [0.2, 0.25) is 0 Å². The van der Waals surface area contributed by atoms with E-state index in [1.807, 2.05) is 6.92 Å². The van der Waals surface area contributed by atoms with Gasteiger partial charge in [0, 0.05) is 0 Å². The summed E-state index contributed by atoms with van der Waals surface area (Å²) in [6, 6.07) is 0. The van der Waals surface area contributed by atoms with Crippen LogP contribution < -0.4 is 5.32 Å². The molecular weight excluding hydrogens is 222 g/mol. The Kier molecular flexibility index (Phi) is 3.69. The van der Waals surface area contributed by atoms with Gasteiger partial charge in [-0.15, -0.1) is 0 Å². The average molecular weight is 243 g/mol. The summed E-state index contributed by atoms with van der Waals surface area (Å²) >= 11 is 0. The lowest BCUT2D eigenvalue weighted by atomic mass is 9.67. The first-order valence-electron chi connectivity index (χ1n) is 5.81. The number of hydrogen-bond acceptors (Lipinski definition) is 4. The van der Waals surface area contributed by atoms with E-state index in [1.54, 1.807) is 20.8 Å². The lowest BCUT2D eigenvalue weighted by Crippen LogP contribution is -2.65. The van der Waals surface area contributed by atoms with Crippen molar-refractivity contribution in [3.05, 3.63) is 0 Å². The molecule has 0 aromatic rings. The van der Waals surface area contributed by atoms with Crippen molar-refractivity contribution in [3.63, 3.8) is 0 Å². The van der Waals surface area contributed by atoms with Crippen LogP contribution in [0, 0.1) is 5.92 Å². The quantitative estimate of drug-likeness (QED) is 0.752. The summed E-state index contributed by atoms with van der Waals surface area (Å²) in [7, 11) is 1.33. The van der Waals surface area contributed by atoms with Crippen molar-refractivity contribution in [2.45, 2.75) is 51.7 Å². The highest BCUT2D eigenvalue weighted by Crippen LogP contribution is 2.39. The monoisotopic (exact) mass is 243 g/mol. The number of carbonyl (C=O) groups excluding carboxylic acids is 2. The predicted molar refractivity (Wildman–Crippen MR) is 62.5 cm³/mol. The number of nitrogens with one attached hydrogen (secondary N) is 1. The van der Waals surface area contributed by atoms with E-state index in [0.29, 0.717) is 6.42 Å². The Hall–Kier alpha value is -1.26. The summed E-state index contributed by atoms with van der Waals surface area (Å²) in [5, 5.41) is 2.65. The second kappa shape index (κ2) is 4.55. The van der Waals surface area contributed by atoms with Gasteiger partial charge in [-0.25, -0.2) is 9.59 Å². The van der Waals surface area contributed by atoms with Crippen LogP contribution in [0.15, 0.2) is 0 Å². The van der Waals surface area contributed by atoms with Crippen molar-refractivity contribution >= 4 is 12.1 Å². The van der Waals surface area contributed by atoms with Gasteiger partial charge in [-0.1, -0.05) is 6.92 Å². The van der Waals surface area contributed by atoms with E-state index in [-0.39, 0.29) is 5.92 Å². The molecule has 5 heteroatoms. The predicted octanol–water partition coefficient (Wildman–Crippen LogP) is 1.85. The topological polar surface area (TPSA) is 64.6 Å².